The van der Waals surface area contributed by atoms with Crippen molar-refractivity contribution in [1.29, 1.82) is 0 Å². The zero-order valence-corrected chi connectivity index (χ0v) is 13.9. The van der Waals surface area contributed by atoms with Crippen molar-refractivity contribution in [2.45, 2.75) is 65.3 Å². The van der Waals surface area contributed by atoms with E-state index in [1.807, 2.05) is 12.1 Å². The van der Waals surface area contributed by atoms with E-state index in [4.69, 9.17) is 0 Å². The molecule has 0 saturated heterocycles. The van der Waals surface area contributed by atoms with Gasteiger partial charge in [-0.05, 0) is 67.7 Å². The third-order valence-electron chi connectivity index (χ3n) is 4.98. The lowest BCUT2D eigenvalue weighted by Gasteiger charge is -2.29. The first-order valence-electron chi connectivity index (χ1n) is 8.46. The highest BCUT2D eigenvalue weighted by Crippen LogP contribution is 2.36. The van der Waals surface area contributed by atoms with Gasteiger partial charge >= 0.3 is 0 Å². The molecule has 2 rings (SSSR count). The van der Waals surface area contributed by atoms with Gasteiger partial charge in [0.1, 0.15) is 5.75 Å². The fourth-order valence-electron chi connectivity index (χ4n) is 3.46. The number of hydrogen-bond donors (Lipinski definition) is 2. The van der Waals surface area contributed by atoms with Gasteiger partial charge in [0.2, 0.25) is 0 Å². The molecule has 0 heterocycles. The van der Waals surface area contributed by atoms with Gasteiger partial charge in [0.25, 0.3) is 0 Å². The molecule has 2 nitrogen and oxygen atoms in total. The number of rotatable bonds is 4. The van der Waals surface area contributed by atoms with Crippen molar-refractivity contribution in [2.75, 3.05) is 6.54 Å². The summed E-state index contributed by atoms with van der Waals surface area (Å²) in [6, 6.07) is 8.26. The molecule has 1 fully saturated rings. The van der Waals surface area contributed by atoms with E-state index in [0.717, 1.165) is 18.9 Å². The number of phenolic OH excluding ortho intramolecular Hbond substituents is 1. The summed E-state index contributed by atoms with van der Waals surface area (Å²) in [4.78, 5) is 0. The Balaban J connectivity index is 1.73. The Morgan fingerprint density at radius 2 is 1.76 bits per heavy atom. The van der Waals surface area contributed by atoms with Gasteiger partial charge in [0.15, 0.2) is 0 Å². The van der Waals surface area contributed by atoms with Gasteiger partial charge in [-0.1, -0.05) is 39.3 Å². The van der Waals surface area contributed by atoms with Gasteiger partial charge in [-0.3, -0.25) is 0 Å². The van der Waals surface area contributed by atoms with Crippen LogP contribution >= 0.6 is 0 Å². The Morgan fingerprint density at radius 3 is 2.43 bits per heavy atom. The smallest absolute Gasteiger partial charge is 0.115 e. The molecular formula is C19H31NO. The van der Waals surface area contributed by atoms with E-state index < -0.39 is 0 Å². The Kier molecular flexibility index (Phi) is 5.69. The highest BCUT2D eigenvalue weighted by Gasteiger charge is 2.27. The van der Waals surface area contributed by atoms with Crippen LogP contribution in [0.5, 0.6) is 5.75 Å². The molecule has 0 amide bonds. The van der Waals surface area contributed by atoms with Crippen LogP contribution in [0, 0.1) is 11.3 Å². The molecule has 1 aromatic rings. The number of hydrogen-bond acceptors (Lipinski definition) is 2. The van der Waals surface area contributed by atoms with Crippen molar-refractivity contribution in [3.8, 4) is 5.75 Å². The Hall–Kier alpha value is -1.02. The molecule has 1 saturated carbocycles. The lowest BCUT2D eigenvalue weighted by molar-refractivity contribution is 0.213. The first kappa shape index (κ1) is 16.4. The fourth-order valence-corrected chi connectivity index (χ4v) is 3.46. The van der Waals surface area contributed by atoms with E-state index in [0.29, 0.717) is 17.2 Å². The molecule has 0 aromatic heterocycles. The zero-order chi connectivity index (χ0) is 15.3. The van der Waals surface area contributed by atoms with Crippen molar-refractivity contribution in [1.82, 2.24) is 5.32 Å². The van der Waals surface area contributed by atoms with Crippen molar-refractivity contribution in [2.24, 2.45) is 11.3 Å². The van der Waals surface area contributed by atoms with Gasteiger partial charge in [-0.15, -0.1) is 0 Å². The average Bonchev–Trinajstić information content (AvgIpc) is 2.66. The minimum Gasteiger partial charge on any atom is -0.508 e. The van der Waals surface area contributed by atoms with Crippen molar-refractivity contribution < 1.29 is 5.11 Å². The van der Waals surface area contributed by atoms with Crippen LogP contribution in [-0.4, -0.2) is 17.7 Å². The molecule has 2 N–H and O–H groups in total. The highest BCUT2D eigenvalue weighted by molar-refractivity contribution is 5.25. The standard InChI is InChI=1S/C19H31NO/c1-19(2,3)16-5-4-6-17(10-9-16)20-14-13-15-7-11-18(21)12-8-15/h7-8,11-12,16-17,20-21H,4-6,9-10,13-14H2,1-3H3. The van der Waals surface area contributed by atoms with Crippen LogP contribution < -0.4 is 5.32 Å². The SMILES string of the molecule is CC(C)(C)C1CCCC(NCCc2ccc(O)cc2)CC1. The first-order chi connectivity index (χ1) is 9.95. The van der Waals surface area contributed by atoms with Crippen LogP contribution in [0.15, 0.2) is 24.3 Å². The lowest BCUT2D eigenvalue weighted by atomic mass is 9.76. The van der Waals surface area contributed by atoms with E-state index in [1.165, 1.54) is 37.7 Å². The zero-order valence-electron chi connectivity index (χ0n) is 13.9. The second-order valence-electron chi connectivity index (χ2n) is 7.64. The van der Waals surface area contributed by atoms with E-state index in [9.17, 15) is 5.11 Å². The molecule has 0 bridgehead atoms. The second-order valence-corrected chi connectivity index (χ2v) is 7.64. The summed E-state index contributed by atoms with van der Waals surface area (Å²) in [5.41, 5.74) is 1.75. The molecule has 0 spiro atoms. The van der Waals surface area contributed by atoms with Crippen molar-refractivity contribution in [3.05, 3.63) is 29.8 Å². The van der Waals surface area contributed by atoms with Crippen LogP contribution in [-0.2, 0) is 6.42 Å². The second kappa shape index (κ2) is 7.31. The summed E-state index contributed by atoms with van der Waals surface area (Å²) in [5.74, 6) is 1.23. The van der Waals surface area contributed by atoms with Gasteiger partial charge in [0, 0.05) is 6.04 Å². The van der Waals surface area contributed by atoms with Crippen LogP contribution in [0.25, 0.3) is 0 Å². The third kappa shape index (κ3) is 5.35. The topological polar surface area (TPSA) is 32.3 Å². The number of benzene rings is 1. The molecule has 0 radical (unpaired) electrons. The fraction of sp³-hybridized carbons (Fsp3) is 0.684. The van der Waals surface area contributed by atoms with Crippen molar-refractivity contribution in [3.63, 3.8) is 0 Å². The maximum atomic E-state index is 9.29. The number of nitrogens with one attached hydrogen (secondary N) is 1. The maximum Gasteiger partial charge on any atom is 0.115 e. The molecular weight excluding hydrogens is 258 g/mol. The molecule has 2 atom stereocenters. The molecule has 1 aromatic carbocycles. The van der Waals surface area contributed by atoms with E-state index in [-0.39, 0.29) is 0 Å². The average molecular weight is 289 g/mol. The highest BCUT2D eigenvalue weighted by atomic mass is 16.3. The Labute approximate surface area is 130 Å². The summed E-state index contributed by atoms with van der Waals surface area (Å²) < 4.78 is 0. The molecule has 2 unspecified atom stereocenters. The maximum absolute atomic E-state index is 9.29. The predicted octanol–water partition coefficient (Wildman–Crippen LogP) is 4.52. The normalized spacial score (nSPS) is 23.8. The summed E-state index contributed by atoms with van der Waals surface area (Å²) in [6.07, 6.45) is 7.79. The monoisotopic (exact) mass is 289 g/mol. The lowest BCUT2D eigenvalue weighted by Crippen LogP contribution is -2.30. The van der Waals surface area contributed by atoms with Gasteiger partial charge < -0.3 is 10.4 Å². The summed E-state index contributed by atoms with van der Waals surface area (Å²) >= 11 is 0. The van der Waals surface area contributed by atoms with E-state index in [2.05, 4.69) is 26.1 Å². The number of aromatic hydroxyl groups is 1. The molecule has 118 valence electrons. The van der Waals surface area contributed by atoms with Crippen LogP contribution in [0.3, 0.4) is 0 Å². The first-order valence-corrected chi connectivity index (χ1v) is 8.46. The van der Waals surface area contributed by atoms with Crippen LogP contribution in [0.2, 0.25) is 0 Å². The quantitative estimate of drug-likeness (QED) is 0.799. The molecule has 0 aliphatic heterocycles. The molecule has 21 heavy (non-hydrogen) atoms. The summed E-state index contributed by atoms with van der Waals surface area (Å²) in [7, 11) is 0. The predicted molar refractivity (Wildman–Crippen MR) is 89.6 cm³/mol. The Bertz CT molecular complexity index is 418. The summed E-state index contributed by atoms with van der Waals surface area (Å²) in [5, 5.41) is 13.0. The van der Waals surface area contributed by atoms with Crippen LogP contribution in [0.1, 0.15) is 58.4 Å². The van der Waals surface area contributed by atoms with E-state index >= 15 is 0 Å². The largest absolute Gasteiger partial charge is 0.508 e. The molecule has 1 aliphatic carbocycles. The summed E-state index contributed by atoms with van der Waals surface area (Å²) in [6.45, 7) is 8.19. The van der Waals surface area contributed by atoms with Gasteiger partial charge in [-0.2, -0.15) is 0 Å². The van der Waals surface area contributed by atoms with Crippen molar-refractivity contribution >= 4 is 0 Å². The minimum absolute atomic E-state index is 0.351. The molecule has 2 heteroatoms. The minimum atomic E-state index is 0.351. The van der Waals surface area contributed by atoms with Gasteiger partial charge in [0.05, 0.1) is 0 Å². The Morgan fingerprint density at radius 1 is 1.05 bits per heavy atom. The van der Waals surface area contributed by atoms with Gasteiger partial charge in [-0.25, -0.2) is 0 Å². The molecule has 1 aliphatic rings. The third-order valence-corrected chi connectivity index (χ3v) is 4.98. The number of phenols is 1. The van der Waals surface area contributed by atoms with E-state index in [1.54, 1.807) is 12.1 Å². The van der Waals surface area contributed by atoms with Crippen LogP contribution in [0.4, 0.5) is 0 Å².